The van der Waals surface area contributed by atoms with E-state index in [4.69, 9.17) is 4.74 Å². The van der Waals surface area contributed by atoms with Crippen molar-refractivity contribution in [3.63, 3.8) is 0 Å². The first kappa shape index (κ1) is 17.5. The molecule has 2 aromatic carbocycles. The van der Waals surface area contributed by atoms with E-state index in [0.717, 1.165) is 5.56 Å². The van der Waals surface area contributed by atoms with Crippen molar-refractivity contribution in [3.8, 4) is 5.75 Å². The Labute approximate surface area is 142 Å². The van der Waals surface area contributed by atoms with Crippen molar-refractivity contribution in [1.29, 1.82) is 0 Å². The zero-order chi connectivity index (χ0) is 17.5. The monoisotopic (exact) mass is 326 g/mol. The van der Waals surface area contributed by atoms with Gasteiger partial charge in [0, 0.05) is 11.6 Å². The molecule has 2 amide bonds. The van der Waals surface area contributed by atoms with Crippen LogP contribution in [0.5, 0.6) is 5.75 Å². The molecular formula is C19H22N2O3. The van der Waals surface area contributed by atoms with E-state index in [2.05, 4.69) is 10.6 Å². The Hall–Kier alpha value is -2.82. The van der Waals surface area contributed by atoms with Gasteiger partial charge >= 0.3 is 0 Å². The normalized spacial score (nSPS) is 11.7. The van der Waals surface area contributed by atoms with Crippen molar-refractivity contribution >= 4 is 11.8 Å². The van der Waals surface area contributed by atoms with Crippen LogP contribution in [-0.4, -0.2) is 25.0 Å². The van der Waals surface area contributed by atoms with E-state index in [9.17, 15) is 9.59 Å². The zero-order valence-corrected chi connectivity index (χ0v) is 14.1. The Morgan fingerprint density at radius 3 is 2.29 bits per heavy atom. The van der Waals surface area contributed by atoms with Crippen molar-refractivity contribution in [1.82, 2.24) is 10.6 Å². The second-order valence-corrected chi connectivity index (χ2v) is 5.71. The van der Waals surface area contributed by atoms with Crippen LogP contribution in [0.3, 0.4) is 0 Å². The van der Waals surface area contributed by atoms with E-state index < -0.39 is 6.04 Å². The average Bonchev–Trinajstić information content (AvgIpc) is 2.59. The van der Waals surface area contributed by atoms with Crippen molar-refractivity contribution in [3.05, 3.63) is 65.7 Å². The molecule has 0 aliphatic heterocycles. The maximum Gasteiger partial charge on any atom is 0.252 e. The Balaban J connectivity index is 2.24. The fourth-order valence-corrected chi connectivity index (χ4v) is 2.29. The summed E-state index contributed by atoms with van der Waals surface area (Å²) in [5.41, 5.74) is 1.17. The number of benzene rings is 2. The van der Waals surface area contributed by atoms with E-state index in [1.807, 2.05) is 44.2 Å². The molecule has 2 aromatic rings. The minimum Gasteiger partial charge on any atom is -0.497 e. The lowest BCUT2D eigenvalue weighted by atomic mass is 10.0. The fourth-order valence-electron chi connectivity index (χ4n) is 2.29. The number of rotatable bonds is 6. The molecule has 126 valence electrons. The molecule has 2 N–H and O–H groups in total. The van der Waals surface area contributed by atoms with Crippen LogP contribution < -0.4 is 15.4 Å². The molecule has 5 heteroatoms. The van der Waals surface area contributed by atoms with E-state index in [1.54, 1.807) is 31.4 Å². The van der Waals surface area contributed by atoms with Crippen LogP contribution in [0.4, 0.5) is 0 Å². The highest BCUT2D eigenvalue weighted by Crippen LogP contribution is 2.16. The Bertz CT molecular complexity index is 699. The molecule has 0 fully saturated rings. The van der Waals surface area contributed by atoms with Crippen molar-refractivity contribution in [2.45, 2.75) is 25.9 Å². The molecule has 0 heterocycles. The number of ether oxygens (including phenoxy) is 1. The summed E-state index contributed by atoms with van der Waals surface area (Å²) >= 11 is 0. The van der Waals surface area contributed by atoms with Gasteiger partial charge in [-0.25, -0.2) is 0 Å². The smallest absolute Gasteiger partial charge is 0.252 e. The van der Waals surface area contributed by atoms with Crippen LogP contribution in [0, 0.1) is 0 Å². The molecule has 2 rings (SSSR count). The molecule has 0 saturated heterocycles. The first-order valence-corrected chi connectivity index (χ1v) is 7.81. The standard InChI is InChI=1S/C19H22N2O3/c1-13(2)20-19(23)17(14-8-5-4-6-9-14)21-18(22)15-10-7-11-16(12-15)24-3/h4-13,17H,1-3H3,(H,20,23)(H,21,22)/t17-/m0/s1. The summed E-state index contributed by atoms with van der Waals surface area (Å²) in [6.45, 7) is 3.76. The number of carbonyl (C=O) groups excluding carboxylic acids is 2. The Kier molecular flexibility index (Phi) is 5.95. The summed E-state index contributed by atoms with van der Waals surface area (Å²) in [6.07, 6.45) is 0. The molecule has 0 radical (unpaired) electrons. The Morgan fingerprint density at radius 1 is 0.958 bits per heavy atom. The number of amides is 2. The molecular weight excluding hydrogens is 304 g/mol. The van der Waals surface area contributed by atoms with Crippen LogP contribution in [0.25, 0.3) is 0 Å². The van der Waals surface area contributed by atoms with Gasteiger partial charge in [-0.05, 0) is 37.6 Å². The number of nitrogens with one attached hydrogen (secondary N) is 2. The summed E-state index contributed by atoms with van der Waals surface area (Å²) in [5.74, 6) is 0.0136. The quantitative estimate of drug-likeness (QED) is 0.857. The lowest BCUT2D eigenvalue weighted by molar-refractivity contribution is -0.123. The van der Waals surface area contributed by atoms with Gasteiger partial charge in [-0.3, -0.25) is 9.59 Å². The maximum atomic E-state index is 12.5. The molecule has 24 heavy (non-hydrogen) atoms. The van der Waals surface area contributed by atoms with Gasteiger partial charge in [-0.15, -0.1) is 0 Å². The number of hydrogen-bond acceptors (Lipinski definition) is 3. The van der Waals surface area contributed by atoms with E-state index in [0.29, 0.717) is 11.3 Å². The first-order chi connectivity index (χ1) is 11.5. The number of hydrogen-bond donors (Lipinski definition) is 2. The molecule has 0 aliphatic carbocycles. The first-order valence-electron chi connectivity index (χ1n) is 7.81. The van der Waals surface area contributed by atoms with Crippen molar-refractivity contribution in [2.75, 3.05) is 7.11 Å². The molecule has 0 aromatic heterocycles. The number of methoxy groups -OCH3 is 1. The number of carbonyl (C=O) groups is 2. The predicted molar refractivity (Wildman–Crippen MR) is 92.9 cm³/mol. The summed E-state index contributed by atoms with van der Waals surface area (Å²) in [5, 5.41) is 5.64. The highest BCUT2D eigenvalue weighted by Gasteiger charge is 2.23. The predicted octanol–water partition coefficient (Wildman–Crippen LogP) is 2.69. The van der Waals surface area contributed by atoms with E-state index in [-0.39, 0.29) is 17.9 Å². The summed E-state index contributed by atoms with van der Waals surface area (Å²) in [7, 11) is 1.54. The maximum absolute atomic E-state index is 12.5. The third kappa shape index (κ3) is 4.59. The summed E-state index contributed by atoms with van der Waals surface area (Å²) < 4.78 is 5.14. The SMILES string of the molecule is COc1cccc(C(=O)N[C@H](C(=O)NC(C)C)c2ccccc2)c1. The van der Waals surface area contributed by atoms with Gasteiger partial charge in [-0.1, -0.05) is 36.4 Å². The van der Waals surface area contributed by atoms with Gasteiger partial charge in [-0.2, -0.15) is 0 Å². The highest BCUT2D eigenvalue weighted by atomic mass is 16.5. The summed E-state index contributed by atoms with van der Waals surface area (Å²) in [4.78, 5) is 25.0. The van der Waals surface area contributed by atoms with Gasteiger partial charge < -0.3 is 15.4 Å². The average molecular weight is 326 g/mol. The van der Waals surface area contributed by atoms with E-state index >= 15 is 0 Å². The van der Waals surface area contributed by atoms with Gasteiger partial charge in [0.1, 0.15) is 11.8 Å². The van der Waals surface area contributed by atoms with Crippen molar-refractivity contribution < 1.29 is 14.3 Å². The lowest BCUT2D eigenvalue weighted by Crippen LogP contribution is -2.42. The fraction of sp³-hybridized carbons (Fsp3) is 0.263. The van der Waals surface area contributed by atoms with Crippen LogP contribution in [0.1, 0.15) is 35.8 Å². The lowest BCUT2D eigenvalue weighted by Gasteiger charge is -2.20. The molecule has 0 spiro atoms. The highest BCUT2D eigenvalue weighted by molar-refractivity contribution is 5.98. The van der Waals surface area contributed by atoms with Crippen molar-refractivity contribution in [2.24, 2.45) is 0 Å². The molecule has 5 nitrogen and oxygen atoms in total. The Morgan fingerprint density at radius 2 is 1.67 bits per heavy atom. The topological polar surface area (TPSA) is 67.4 Å². The van der Waals surface area contributed by atoms with Crippen LogP contribution in [-0.2, 0) is 4.79 Å². The van der Waals surface area contributed by atoms with Crippen LogP contribution >= 0.6 is 0 Å². The van der Waals surface area contributed by atoms with Gasteiger partial charge in [0.25, 0.3) is 5.91 Å². The molecule has 1 atom stereocenters. The minimum absolute atomic E-state index is 0.0163. The van der Waals surface area contributed by atoms with Gasteiger partial charge in [0.2, 0.25) is 5.91 Å². The largest absolute Gasteiger partial charge is 0.497 e. The molecule has 0 aliphatic rings. The van der Waals surface area contributed by atoms with Crippen LogP contribution in [0.15, 0.2) is 54.6 Å². The van der Waals surface area contributed by atoms with Crippen LogP contribution in [0.2, 0.25) is 0 Å². The molecule has 0 saturated carbocycles. The van der Waals surface area contributed by atoms with Gasteiger partial charge in [0.15, 0.2) is 0 Å². The molecule has 0 unspecified atom stereocenters. The summed E-state index contributed by atoms with van der Waals surface area (Å²) in [6, 6.07) is 15.2. The zero-order valence-electron chi connectivity index (χ0n) is 14.1. The second-order valence-electron chi connectivity index (χ2n) is 5.71. The van der Waals surface area contributed by atoms with Gasteiger partial charge in [0.05, 0.1) is 7.11 Å². The molecule has 0 bridgehead atoms. The minimum atomic E-state index is -0.757. The van der Waals surface area contributed by atoms with E-state index in [1.165, 1.54) is 0 Å². The second kappa shape index (κ2) is 8.15. The third-order valence-corrected chi connectivity index (χ3v) is 3.43. The third-order valence-electron chi connectivity index (χ3n) is 3.43.